The highest BCUT2D eigenvalue weighted by Crippen LogP contribution is 2.20. The number of amides is 1. The van der Waals surface area contributed by atoms with E-state index in [4.69, 9.17) is 0 Å². The Morgan fingerprint density at radius 3 is 2.77 bits per heavy atom. The van der Waals surface area contributed by atoms with Crippen LogP contribution in [0.5, 0.6) is 0 Å². The minimum Gasteiger partial charge on any atom is -0.337 e. The summed E-state index contributed by atoms with van der Waals surface area (Å²) in [6.07, 6.45) is 0. The van der Waals surface area contributed by atoms with Crippen LogP contribution >= 0.6 is 11.5 Å². The van der Waals surface area contributed by atoms with E-state index in [0.29, 0.717) is 10.8 Å². The molecule has 4 nitrogen and oxygen atoms in total. The molecule has 1 aliphatic rings. The first-order valence-corrected chi connectivity index (χ1v) is 5.04. The van der Waals surface area contributed by atoms with Crippen LogP contribution in [0.25, 0.3) is 0 Å². The Morgan fingerprint density at radius 2 is 2.31 bits per heavy atom. The van der Waals surface area contributed by atoms with E-state index in [-0.39, 0.29) is 5.91 Å². The molecule has 2 rings (SSSR count). The molecule has 0 bridgehead atoms. The summed E-state index contributed by atoms with van der Waals surface area (Å²) >= 11 is 1.18. The second kappa shape index (κ2) is 3.06. The summed E-state index contributed by atoms with van der Waals surface area (Å²) < 4.78 is 3.75. The highest BCUT2D eigenvalue weighted by Gasteiger charge is 2.29. The van der Waals surface area contributed by atoms with E-state index in [9.17, 15) is 4.79 Å². The van der Waals surface area contributed by atoms with Crippen molar-refractivity contribution in [2.45, 2.75) is 13.8 Å². The third-order valence-corrected chi connectivity index (χ3v) is 3.01. The van der Waals surface area contributed by atoms with Crippen molar-refractivity contribution in [1.29, 1.82) is 0 Å². The van der Waals surface area contributed by atoms with Gasteiger partial charge >= 0.3 is 0 Å². The molecule has 2 heterocycles. The van der Waals surface area contributed by atoms with Gasteiger partial charge in [0.25, 0.3) is 5.91 Å². The fourth-order valence-corrected chi connectivity index (χ4v) is 2.06. The summed E-state index contributed by atoms with van der Waals surface area (Å²) in [7, 11) is 0. The summed E-state index contributed by atoms with van der Waals surface area (Å²) in [5.74, 6) is 0.732. The van der Waals surface area contributed by atoms with Crippen LogP contribution in [-0.4, -0.2) is 33.5 Å². The molecular formula is C8H11N3OS. The normalized spacial score (nSPS) is 17.2. The Morgan fingerprint density at radius 1 is 1.62 bits per heavy atom. The quantitative estimate of drug-likeness (QED) is 0.673. The van der Waals surface area contributed by atoms with E-state index in [1.54, 1.807) is 0 Å². The van der Waals surface area contributed by atoms with Crippen LogP contribution in [0.4, 0.5) is 0 Å². The molecule has 0 N–H and O–H groups in total. The largest absolute Gasteiger partial charge is 0.337 e. The SMILES string of the molecule is Cc1nnsc1C(=O)N1CC(C)C1. The molecule has 1 saturated heterocycles. The lowest BCUT2D eigenvalue weighted by atomic mass is 10.0. The van der Waals surface area contributed by atoms with Crippen LogP contribution in [-0.2, 0) is 0 Å². The van der Waals surface area contributed by atoms with E-state index in [1.165, 1.54) is 11.5 Å². The number of nitrogens with zero attached hydrogens (tertiary/aromatic N) is 3. The summed E-state index contributed by atoms with van der Waals surface area (Å²) in [6, 6.07) is 0. The number of carbonyl (C=O) groups is 1. The number of hydrogen-bond donors (Lipinski definition) is 0. The van der Waals surface area contributed by atoms with Crippen molar-refractivity contribution in [1.82, 2.24) is 14.5 Å². The Labute approximate surface area is 80.7 Å². The van der Waals surface area contributed by atoms with Gasteiger partial charge in [-0.15, -0.1) is 5.10 Å². The van der Waals surface area contributed by atoms with Crippen molar-refractivity contribution < 1.29 is 4.79 Å². The molecule has 0 atom stereocenters. The van der Waals surface area contributed by atoms with Crippen molar-refractivity contribution >= 4 is 17.4 Å². The lowest BCUT2D eigenvalue weighted by Gasteiger charge is -2.36. The molecule has 1 aromatic heterocycles. The van der Waals surface area contributed by atoms with Gasteiger partial charge < -0.3 is 4.90 Å². The van der Waals surface area contributed by atoms with E-state index < -0.39 is 0 Å². The zero-order chi connectivity index (χ0) is 9.42. The molecule has 0 saturated carbocycles. The zero-order valence-corrected chi connectivity index (χ0v) is 8.47. The predicted molar refractivity (Wildman–Crippen MR) is 49.7 cm³/mol. The monoisotopic (exact) mass is 197 g/mol. The number of aromatic nitrogens is 2. The van der Waals surface area contributed by atoms with E-state index >= 15 is 0 Å². The first-order valence-electron chi connectivity index (χ1n) is 4.26. The van der Waals surface area contributed by atoms with Crippen LogP contribution in [0.2, 0.25) is 0 Å². The van der Waals surface area contributed by atoms with Gasteiger partial charge in [0.15, 0.2) is 0 Å². The van der Waals surface area contributed by atoms with Gasteiger partial charge in [0.05, 0.1) is 5.69 Å². The molecule has 1 amide bonds. The Bertz CT molecular complexity index is 330. The van der Waals surface area contributed by atoms with Gasteiger partial charge in [-0.05, 0) is 24.4 Å². The van der Waals surface area contributed by atoms with E-state index in [1.807, 2.05) is 11.8 Å². The van der Waals surface area contributed by atoms with Crippen LogP contribution in [0.3, 0.4) is 0 Å². The Kier molecular flexibility index (Phi) is 2.03. The fourth-order valence-electron chi connectivity index (χ4n) is 1.44. The van der Waals surface area contributed by atoms with Gasteiger partial charge in [-0.3, -0.25) is 4.79 Å². The van der Waals surface area contributed by atoms with Crippen LogP contribution in [0.15, 0.2) is 0 Å². The summed E-state index contributed by atoms with van der Waals surface area (Å²) in [6.45, 7) is 5.70. The second-order valence-corrected chi connectivity index (χ2v) is 4.26. The molecule has 1 aromatic rings. The molecular weight excluding hydrogens is 186 g/mol. The van der Waals surface area contributed by atoms with Crippen molar-refractivity contribution in [2.75, 3.05) is 13.1 Å². The third kappa shape index (κ3) is 1.44. The smallest absolute Gasteiger partial charge is 0.267 e. The lowest BCUT2D eigenvalue weighted by molar-refractivity contribution is 0.0534. The predicted octanol–water partition coefficient (Wildman–Crippen LogP) is 0.938. The van der Waals surface area contributed by atoms with Gasteiger partial charge in [0.1, 0.15) is 4.88 Å². The minimum atomic E-state index is 0.0885. The van der Waals surface area contributed by atoms with Crippen molar-refractivity contribution in [3.05, 3.63) is 10.6 Å². The average molecular weight is 197 g/mol. The van der Waals surface area contributed by atoms with Crippen LogP contribution in [0.1, 0.15) is 22.3 Å². The fraction of sp³-hybridized carbons (Fsp3) is 0.625. The first kappa shape index (κ1) is 8.62. The molecule has 1 fully saturated rings. The van der Waals surface area contributed by atoms with Gasteiger partial charge in [0, 0.05) is 13.1 Å². The maximum Gasteiger partial charge on any atom is 0.267 e. The number of carbonyl (C=O) groups excluding carboxylic acids is 1. The van der Waals surface area contributed by atoms with Gasteiger partial charge in [0.2, 0.25) is 0 Å². The van der Waals surface area contributed by atoms with E-state index in [0.717, 1.165) is 18.8 Å². The summed E-state index contributed by atoms with van der Waals surface area (Å²) in [5.41, 5.74) is 0.745. The van der Waals surface area contributed by atoms with Crippen molar-refractivity contribution in [2.24, 2.45) is 5.92 Å². The molecule has 0 aromatic carbocycles. The maximum atomic E-state index is 11.7. The third-order valence-electron chi connectivity index (χ3n) is 2.20. The topological polar surface area (TPSA) is 46.1 Å². The summed E-state index contributed by atoms with van der Waals surface area (Å²) in [4.78, 5) is 14.2. The van der Waals surface area contributed by atoms with Gasteiger partial charge in [-0.2, -0.15) is 0 Å². The second-order valence-electron chi connectivity index (χ2n) is 3.50. The Balaban J connectivity index is 2.10. The highest BCUT2D eigenvalue weighted by atomic mass is 32.1. The average Bonchev–Trinajstić information content (AvgIpc) is 2.44. The summed E-state index contributed by atoms with van der Waals surface area (Å²) in [5, 5.41) is 3.82. The number of likely N-dealkylation sites (tertiary alicyclic amines) is 1. The van der Waals surface area contributed by atoms with E-state index in [2.05, 4.69) is 16.5 Å². The first-order chi connectivity index (χ1) is 6.18. The number of hydrogen-bond acceptors (Lipinski definition) is 4. The number of aryl methyl sites for hydroxylation is 1. The maximum absolute atomic E-state index is 11.7. The molecule has 0 unspecified atom stereocenters. The van der Waals surface area contributed by atoms with Crippen molar-refractivity contribution in [3.8, 4) is 0 Å². The highest BCUT2D eigenvalue weighted by molar-refractivity contribution is 7.07. The molecule has 13 heavy (non-hydrogen) atoms. The molecule has 5 heteroatoms. The Hall–Kier alpha value is -0.970. The molecule has 0 radical (unpaired) electrons. The molecule has 0 spiro atoms. The molecule has 70 valence electrons. The minimum absolute atomic E-state index is 0.0885. The molecule has 0 aliphatic carbocycles. The van der Waals surface area contributed by atoms with Crippen LogP contribution in [0, 0.1) is 12.8 Å². The number of rotatable bonds is 1. The van der Waals surface area contributed by atoms with Gasteiger partial charge in [-0.1, -0.05) is 11.4 Å². The van der Waals surface area contributed by atoms with Crippen LogP contribution < -0.4 is 0 Å². The lowest BCUT2D eigenvalue weighted by Crippen LogP contribution is -2.48. The zero-order valence-electron chi connectivity index (χ0n) is 7.65. The standard InChI is InChI=1S/C8H11N3OS/c1-5-3-11(4-5)8(12)7-6(2)9-10-13-7/h5H,3-4H2,1-2H3. The van der Waals surface area contributed by atoms with Gasteiger partial charge in [-0.25, -0.2) is 0 Å². The molecule has 1 aliphatic heterocycles. The van der Waals surface area contributed by atoms with Crippen molar-refractivity contribution in [3.63, 3.8) is 0 Å².